The van der Waals surface area contributed by atoms with Crippen molar-refractivity contribution in [2.24, 2.45) is 0 Å². The summed E-state index contributed by atoms with van der Waals surface area (Å²) in [6.45, 7) is 1.94. The van der Waals surface area contributed by atoms with E-state index in [-0.39, 0.29) is 0 Å². The monoisotopic (exact) mass is 220 g/mol. The summed E-state index contributed by atoms with van der Waals surface area (Å²) in [4.78, 5) is 4.24. The van der Waals surface area contributed by atoms with Gasteiger partial charge in [0.1, 0.15) is 5.03 Å². The number of para-hydroxylation sites is 1. The molecule has 0 aliphatic heterocycles. The van der Waals surface area contributed by atoms with E-state index in [1.54, 1.807) is 6.07 Å². The first-order valence-corrected chi connectivity index (χ1v) is 6.55. The first-order valence-electron chi connectivity index (χ1n) is 4.59. The third-order valence-electron chi connectivity index (χ3n) is 2.30. The average Bonchev–Trinajstić information content (AvgIpc) is 2.16. The number of rotatable bonds is 1. The third-order valence-corrected chi connectivity index (χ3v) is 3.31. The summed E-state index contributed by atoms with van der Waals surface area (Å²) in [7, 11) is -2.73. The highest BCUT2D eigenvalue weighted by Crippen LogP contribution is 2.19. The van der Waals surface area contributed by atoms with E-state index in [2.05, 4.69) is 4.98 Å². The minimum absolute atomic E-state index is 0.360. The number of hydrogen-bond acceptors (Lipinski definition) is 3. The van der Waals surface area contributed by atoms with Gasteiger partial charge in [-0.2, -0.15) is 0 Å². The van der Waals surface area contributed by atoms with Gasteiger partial charge in [-0.25, -0.2) is 14.0 Å². The molecule has 15 heavy (non-hydrogen) atoms. The van der Waals surface area contributed by atoms with Crippen molar-refractivity contribution >= 4 is 20.6 Å². The van der Waals surface area contributed by atoms with Crippen LogP contribution in [0.1, 0.15) is 5.56 Å². The van der Waals surface area contributed by atoms with Crippen LogP contribution in [0, 0.1) is 11.7 Å². The van der Waals surface area contributed by atoms with Gasteiger partial charge in [0.2, 0.25) is 0 Å². The van der Waals surface area contributed by atoms with Crippen LogP contribution in [0.3, 0.4) is 0 Å². The van der Waals surface area contributed by atoms with Gasteiger partial charge >= 0.3 is 0 Å². The zero-order chi connectivity index (χ0) is 11.1. The molecule has 0 aliphatic rings. The Morgan fingerprint density at radius 2 is 2.00 bits per heavy atom. The van der Waals surface area contributed by atoms with Crippen LogP contribution >= 0.6 is 0 Å². The predicted molar refractivity (Wildman–Crippen MR) is 61.5 cm³/mol. The Hall–Kier alpha value is -1.42. The Balaban J connectivity index is 2.85. The largest absolute Gasteiger partial charge is 0.248 e. The Morgan fingerprint density at radius 3 is 2.67 bits per heavy atom. The van der Waals surface area contributed by atoms with E-state index in [0.717, 1.165) is 16.5 Å². The Bertz CT molecular complexity index is 618. The molecule has 3 nitrogen and oxygen atoms in total. The highest BCUT2D eigenvalue weighted by Gasteiger charge is 2.08. The van der Waals surface area contributed by atoms with Gasteiger partial charge in [-0.3, -0.25) is 0 Å². The van der Waals surface area contributed by atoms with Gasteiger partial charge in [-0.1, -0.05) is 18.2 Å². The van der Waals surface area contributed by atoms with Crippen molar-refractivity contribution in [2.75, 3.05) is 6.26 Å². The minimum atomic E-state index is -2.73. The van der Waals surface area contributed by atoms with Crippen LogP contribution in [0.5, 0.6) is 0 Å². The van der Waals surface area contributed by atoms with Crippen LogP contribution in [-0.4, -0.2) is 15.4 Å². The van der Waals surface area contributed by atoms with Gasteiger partial charge in [-0.15, -0.1) is 0 Å². The van der Waals surface area contributed by atoms with Crippen LogP contribution in [0.15, 0.2) is 35.4 Å². The fourth-order valence-corrected chi connectivity index (χ4v) is 2.19. The van der Waals surface area contributed by atoms with Crippen LogP contribution in [0.2, 0.25) is 0 Å². The molecule has 1 heterocycles. The van der Waals surface area contributed by atoms with E-state index < -0.39 is 9.73 Å². The average molecular weight is 220 g/mol. The zero-order valence-corrected chi connectivity index (χ0v) is 9.47. The quantitative estimate of drug-likeness (QED) is 0.803. The lowest BCUT2D eigenvalue weighted by Crippen LogP contribution is -1.99. The van der Waals surface area contributed by atoms with Gasteiger partial charge in [0.25, 0.3) is 0 Å². The lowest BCUT2D eigenvalue weighted by molar-refractivity contribution is 0.676. The number of aryl methyl sites for hydroxylation is 1. The lowest BCUT2D eigenvalue weighted by Gasteiger charge is -2.05. The molecule has 1 aromatic carbocycles. The van der Waals surface area contributed by atoms with Crippen LogP contribution in [0.4, 0.5) is 0 Å². The Morgan fingerprint density at radius 1 is 1.33 bits per heavy atom. The van der Waals surface area contributed by atoms with Gasteiger partial charge in [0, 0.05) is 11.6 Å². The second-order valence-corrected chi connectivity index (χ2v) is 5.74. The molecule has 0 saturated carbocycles. The fourth-order valence-electron chi connectivity index (χ4n) is 1.52. The smallest absolute Gasteiger partial charge is 0.136 e. The summed E-state index contributed by atoms with van der Waals surface area (Å²) in [5, 5.41) is 1.41. The van der Waals surface area contributed by atoms with Crippen LogP contribution in [0.25, 0.3) is 10.9 Å². The number of aromatic nitrogens is 1. The Labute approximate surface area is 89.1 Å². The first kappa shape index (κ1) is 10.1. The number of fused-ring (bicyclic) bond motifs is 1. The summed E-state index contributed by atoms with van der Waals surface area (Å²) in [5.74, 6) is 0. The summed E-state index contributed by atoms with van der Waals surface area (Å²) < 4.78 is 19.1. The molecule has 1 N–H and O–H groups in total. The standard InChI is InChI=1S/C11H12N2OS/c1-8-7-11(15(2,12)14)13-10-6-4-3-5-9(8)10/h3-7,12H,1-2H3/t15-/m0/s1. The maximum atomic E-state index is 11.6. The molecule has 0 radical (unpaired) electrons. The molecule has 1 aromatic heterocycles. The van der Waals surface area contributed by atoms with Crippen molar-refractivity contribution in [3.63, 3.8) is 0 Å². The van der Waals surface area contributed by atoms with Crippen molar-refractivity contribution < 1.29 is 4.21 Å². The summed E-state index contributed by atoms with van der Waals surface area (Å²) >= 11 is 0. The molecule has 0 unspecified atom stereocenters. The number of hydrogen-bond donors (Lipinski definition) is 1. The maximum Gasteiger partial charge on any atom is 0.136 e. The molecular formula is C11H12N2OS. The van der Waals surface area contributed by atoms with Crippen molar-refractivity contribution in [3.8, 4) is 0 Å². The molecule has 1 atom stereocenters. The fraction of sp³-hybridized carbons (Fsp3) is 0.182. The van der Waals surface area contributed by atoms with Crippen molar-refractivity contribution in [1.29, 1.82) is 4.78 Å². The van der Waals surface area contributed by atoms with Crippen LogP contribution < -0.4 is 0 Å². The molecule has 0 aliphatic carbocycles. The summed E-state index contributed by atoms with van der Waals surface area (Å²) in [6, 6.07) is 9.41. The van der Waals surface area contributed by atoms with Gasteiger partial charge in [-0.05, 0) is 24.6 Å². The topological polar surface area (TPSA) is 53.8 Å². The number of nitrogens with one attached hydrogen (secondary N) is 1. The minimum Gasteiger partial charge on any atom is -0.248 e. The van der Waals surface area contributed by atoms with E-state index in [9.17, 15) is 4.21 Å². The molecule has 0 amide bonds. The molecule has 0 bridgehead atoms. The summed E-state index contributed by atoms with van der Waals surface area (Å²) in [6.07, 6.45) is 1.39. The number of pyridine rings is 1. The van der Waals surface area contributed by atoms with E-state index in [1.165, 1.54) is 6.26 Å². The molecule has 0 saturated heterocycles. The lowest BCUT2D eigenvalue weighted by atomic mass is 10.1. The van der Waals surface area contributed by atoms with E-state index in [4.69, 9.17) is 4.78 Å². The highest BCUT2D eigenvalue weighted by molar-refractivity contribution is 7.91. The molecule has 0 spiro atoms. The predicted octanol–water partition coefficient (Wildman–Crippen LogP) is 2.58. The van der Waals surface area contributed by atoms with Crippen molar-refractivity contribution in [1.82, 2.24) is 4.98 Å². The van der Waals surface area contributed by atoms with Crippen molar-refractivity contribution in [3.05, 3.63) is 35.9 Å². The first-order chi connectivity index (χ1) is 6.98. The van der Waals surface area contributed by atoms with E-state index in [1.807, 2.05) is 31.2 Å². The van der Waals surface area contributed by atoms with Gasteiger partial charge in [0.15, 0.2) is 0 Å². The van der Waals surface area contributed by atoms with Gasteiger partial charge < -0.3 is 0 Å². The molecular weight excluding hydrogens is 208 g/mol. The number of benzene rings is 1. The van der Waals surface area contributed by atoms with E-state index in [0.29, 0.717) is 5.03 Å². The Kier molecular flexibility index (Phi) is 2.23. The second kappa shape index (κ2) is 3.31. The number of nitrogens with zero attached hydrogens (tertiary/aromatic N) is 1. The second-order valence-electron chi connectivity index (χ2n) is 3.64. The highest BCUT2D eigenvalue weighted by atomic mass is 32.2. The third kappa shape index (κ3) is 1.85. The molecule has 0 fully saturated rings. The normalized spacial score (nSPS) is 15.1. The van der Waals surface area contributed by atoms with E-state index >= 15 is 0 Å². The van der Waals surface area contributed by atoms with Gasteiger partial charge in [0.05, 0.1) is 15.2 Å². The zero-order valence-electron chi connectivity index (χ0n) is 8.65. The SMILES string of the molecule is Cc1cc([S@@](C)(=N)=O)nc2ccccc12. The molecule has 2 aromatic rings. The molecule has 2 rings (SSSR count). The maximum absolute atomic E-state index is 11.6. The summed E-state index contributed by atoms with van der Waals surface area (Å²) in [5.41, 5.74) is 1.81. The molecule has 78 valence electrons. The van der Waals surface area contributed by atoms with Crippen molar-refractivity contribution in [2.45, 2.75) is 11.9 Å². The molecule has 4 heteroatoms. The van der Waals surface area contributed by atoms with Crippen LogP contribution in [-0.2, 0) is 9.73 Å².